The lowest BCUT2D eigenvalue weighted by molar-refractivity contribution is -0.142. The highest BCUT2D eigenvalue weighted by atomic mass is 19.1. The van der Waals surface area contributed by atoms with Crippen molar-refractivity contribution < 1.29 is 19.0 Å². The maximum atomic E-state index is 13.8. The number of halogens is 1. The standard InChI is InChI=1S/C15H15FN2O3/c1-21-13-4-2-9(6-11(13)16)12-8-18-7-10(15(19)20)3-5-14(18)17-12/h2,4,6,8,10H,3,5,7H2,1H3,(H,19,20). The van der Waals surface area contributed by atoms with Crippen molar-refractivity contribution in [1.29, 1.82) is 0 Å². The number of nitrogens with zero attached hydrogens (tertiary/aromatic N) is 2. The van der Waals surface area contributed by atoms with Crippen molar-refractivity contribution in [2.45, 2.75) is 19.4 Å². The summed E-state index contributed by atoms with van der Waals surface area (Å²) in [4.78, 5) is 15.5. The van der Waals surface area contributed by atoms with E-state index in [4.69, 9.17) is 9.84 Å². The van der Waals surface area contributed by atoms with Crippen LogP contribution in [0, 0.1) is 11.7 Å². The molecule has 6 heteroatoms. The smallest absolute Gasteiger partial charge is 0.308 e. The van der Waals surface area contributed by atoms with Gasteiger partial charge in [0, 0.05) is 24.7 Å². The van der Waals surface area contributed by atoms with E-state index < -0.39 is 11.8 Å². The zero-order chi connectivity index (χ0) is 15.0. The van der Waals surface area contributed by atoms with Gasteiger partial charge in [0.25, 0.3) is 0 Å². The van der Waals surface area contributed by atoms with Crippen molar-refractivity contribution in [3.8, 4) is 17.0 Å². The number of benzene rings is 1. The molecule has 2 heterocycles. The molecule has 1 atom stereocenters. The van der Waals surface area contributed by atoms with E-state index in [0.717, 1.165) is 5.82 Å². The third kappa shape index (κ3) is 2.49. The Morgan fingerprint density at radius 1 is 1.52 bits per heavy atom. The Morgan fingerprint density at radius 2 is 2.33 bits per heavy atom. The van der Waals surface area contributed by atoms with Gasteiger partial charge in [0.15, 0.2) is 11.6 Å². The Morgan fingerprint density at radius 3 is 3.00 bits per heavy atom. The Labute approximate surface area is 121 Å². The van der Waals surface area contributed by atoms with Crippen LogP contribution in [0.2, 0.25) is 0 Å². The summed E-state index contributed by atoms with van der Waals surface area (Å²) >= 11 is 0. The van der Waals surface area contributed by atoms with Crippen molar-refractivity contribution in [2.24, 2.45) is 5.92 Å². The molecule has 3 rings (SSSR count). The maximum absolute atomic E-state index is 13.8. The largest absolute Gasteiger partial charge is 0.494 e. The van der Waals surface area contributed by atoms with E-state index in [1.807, 2.05) is 4.57 Å². The molecule has 1 aliphatic heterocycles. The number of hydrogen-bond acceptors (Lipinski definition) is 3. The van der Waals surface area contributed by atoms with Gasteiger partial charge in [-0.05, 0) is 24.6 Å². The van der Waals surface area contributed by atoms with Crippen LogP contribution in [-0.2, 0) is 17.8 Å². The number of methoxy groups -OCH3 is 1. The molecule has 1 unspecified atom stereocenters. The number of carboxylic acid groups (broad SMARTS) is 1. The summed E-state index contributed by atoms with van der Waals surface area (Å²) in [5.74, 6) is -0.574. The Balaban J connectivity index is 1.92. The number of imidazole rings is 1. The second-order valence-electron chi connectivity index (χ2n) is 5.12. The molecule has 0 fully saturated rings. The first-order chi connectivity index (χ1) is 10.1. The summed E-state index contributed by atoms with van der Waals surface area (Å²) in [6.45, 7) is 0.413. The van der Waals surface area contributed by atoms with Gasteiger partial charge in [0.2, 0.25) is 0 Å². The van der Waals surface area contributed by atoms with Gasteiger partial charge in [-0.15, -0.1) is 0 Å². The van der Waals surface area contributed by atoms with Crippen LogP contribution in [-0.4, -0.2) is 27.7 Å². The molecule has 21 heavy (non-hydrogen) atoms. The van der Waals surface area contributed by atoms with Crippen molar-refractivity contribution in [3.63, 3.8) is 0 Å². The molecule has 1 aromatic carbocycles. The highest BCUT2D eigenvalue weighted by Crippen LogP contribution is 2.28. The molecule has 0 saturated carbocycles. The zero-order valence-electron chi connectivity index (χ0n) is 11.5. The van der Waals surface area contributed by atoms with Gasteiger partial charge in [-0.25, -0.2) is 9.37 Å². The lowest BCUT2D eigenvalue weighted by Crippen LogP contribution is -2.26. The van der Waals surface area contributed by atoms with Crippen molar-refractivity contribution in [1.82, 2.24) is 9.55 Å². The molecule has 0 saturated heterocycles. The van der Waals surface area contributed by atoms with Gasteiger partial charge in [-0.3, -0.25) is 4.79 Å². The topological polar surface area (TPSA) is 64.4 Å². The van der Waals surface area contributed by atoms with E-state index in [1.54, 1.807) is 18.3 Å². The summed E-state index contributed by atoms with van der Waals surface area (Å²) in [5.41, 5.74) is 1.31. The summed E-state index contributed by atoms with van der Waals surface area (Å²) < 4.78 is 20.5. The summed E-state index contributed by atoms with van der Waals surface area (Å²) in [6.07, 6.45) is 2.99. The van der Waals surface area contributed by atoms with Crippen LogP contribution in [0.4, 0.5) is 4.39 Å². The number of carboxylic acids is 1. The van der Waals surface area contributed by atoms with E-state index >= 15 is 0 Å². The molecule has 0 spiro atoms. The highest BCUT2D eigenvalue weighted by Gasteiger charge is 2.25. The van der Waals surface area contributed by atoms with Gasteiger partial charge in [-0.1, -0.05) is 0 Å². The fourth-order valence-electron chi connectivity index (χ4n) is 2.61. The first kappa shape index (κ1) is 13.6. The average Bonchev–Trinajstić information content (AvgIpc) is 2.89. The van der Waals surface area contributed by atoms with E-state index in [2.05, 4.69) is 4.98 Å². The molecule has 0 radical (unpaired) electrons. The lowest BCUT2D eigenvalue weighted by Gasteiger charge is -2.19. The van der Waals surface area contributed by atoms with Gasteiger partial charge < -0.3 is 14.4 Å². The van der Waals surface area contributed by atoms with Crippen LogP contribution in [0.3, 0.4) is 0 Å². The SMILES string of the molecule is COc1ccc(-c2cn3c(n2)CCC(C(=O)O)C3)cc1F. The number of fused-ring (bicyclic) bond motifs is 1. The van der Waals surface area contributed by atoms with E-state index in [0.29, 0.717) is 30.6 Å². The predicted octanol–water partition coefficient (Wildman–Crippen LogP) is 2.34. The fourth-order valence-corrected chi connectivity index (χ4v) is 2.61. The number of carbonyl (C=O) groups is 1. The van der Waals surface area contributed by atoms with Crippen LogP contribution in [0.15, 0.2) is 24.4 Å². The van der Waals surface area contributed by atoms with Crippen LogP contribution in [0.5, 0.6) is 5.75 Å². The Hall–Kier alpha value is -2.37. The normalized spacial score (nSPS) is 17.3. The second kappa shape index (κ2) is 5.20. The molecule has 2 aromatic rings. The lowest BCUT2D eigenvalue weighted by atomic mass is 10.00. The quantitative estimate of drug-likeness (QED) is 0.942. The van der Waals surface area contributed by atoms with Crippen molar-refractivity contribution in [3.05, 3.63) is 36.0 Å². The summed E-state index contributed by atoms with van der Waals surface area (Å²) in [6, 6.07) is 4.68. The molecule has 1 aliphatic rings. The van der Waals surface area contributed by atoms with Crippen molar-refractivity contribution >= 4 is 5.97 Å². The summed E-state index contributed by atoms with van der Waals surface area (Å²) in [7, 11) is 1.42. The van der Waals surface area contributed by atoms with Gasteiger partial charge in [0.1, 0.15) is 5.82 Å². The van der Waals surface area contributed by atoms with E-state index in [1.165, 1.54) is 13.2 Å². The summed E-state index contributed by atoms with van der Waals surface area (Å²) in [5, 5.41) is 9.08. The minimum atomic E-state index is -0.786. The monoisotopic (exact) mass is 290 g/mol. The zero-order valence-corrected chi connectivity index (χ0v) is 11.5. The number of aliphatic carboxylic acids is 1. The average molecular weight is 290 g/mol. The molecule has 0 amide bonds. The number of aromatic nitrogens is 2. The minimum absolute atomic E-state index is 0.189. The third-order valence-electron chi connectivity index (χ3n) is 3.79. The van der Waals surface area contributed by atoms with Gasteiger partial charge >= 0.3 is 5.97 Å². The highest BCUT2D eigenvalue weighted by molar-refractivity contribution is 5.70. The molecule has 0 bridgehead atoms. The first-order valence-corrected chi connectivity index (χ1v) is 6.71. The predicted molar refractivity (Wildman–Crippen MR) is 73.6 cm³/mol. The van der Waals surface area contributed by atoms with E-state index in [9.17, 15) is 9.18 Å². The third-order valence-corrected chi connectivity index (χ3v) is 3.79. The van der Waals surface area contributed by atoms with Crippen LogP contribution in [0.1, 0.15) is 12.2 Å². The Kier molecular flexibility index (Phi) is 3.37. The molecule has 0 aliphatic carbocycles. The number of rotatable bonds is 3. The van der Waals surface area contributed by atoms with Crippen LogP contribution in [0.25, 0.3) is 11.3 Å². The Bertz CT molecular complexity index is 696. The second-order valence-corrected chi connectivity index (χ2v) is 5.12. The molecule has 1 aromatic heterocycles. The van der Waals surface area contributed by atoms with Gasteiger partial charge in [-0.2, -0.15) is 0 Å². The van der Waals surface area contributed by atoms with E-state index in [-0.39, 0.29) is 11.7 Å². The minimum Gasteiger partial charge on any atom is -0.494 e. The number of aryl methyl sites for hydroxylation is 1. The molecule has 110 valence electrons. The van der Waals surface area contributed by atoms with Crippen molar-refractivity contribution in [2.75, 3.05) is 7.11 Å². The molecular formula is C15H15FN2O3. The maximum Gasteiger partial charge on any atom is 0.308 e. The number of ether oxygens (including phenoxy) is 1. The first-order valence-electron chi connectivity index (χ1n) is 6.71. The molecule has 1 N–H and O–H groups in total. The van der Waals surface area contributed by atoms with Gasteiger partial charge in [0.05, 0.1) is 18.7 Å². The number of hydrogen-bond donors (Lipinski definition) is 1. The van der Waals surface area contributed by atoms with Crippen LogP contribution < -0.4 is 4.74 Å². The fraction of sp³-hybridized carbons (Fsp3) is 0.333. The van der Waals surface area contributed by atoms with Crippen LogP contribution >= 0.6 is 0 Å². The molecule has 5 nitrogen and oxygen atoms in total. The molecular weight excluding hydrogens is 275 g/mol.